The van der Waals surface area contributed by atoms with E-state index < -0.39 is 11.2 Å². The largest absolute Gasteiger partial charge is 0.396 e. The summed E-state index contributed by atoms with van der Waals surface area (Å²) in [5.41, 5.74) is -0.0911. The molecule has 2 rings (SSSR count). The van der Waals surface area contributed by atoms with Crippen LogP contribution in [0.15, 0.2) is 18.2 Å². The number of aliphatic hydroxyl groups excluding tert-OH is 1. The zero-order chi connectivity index (χ0) is 11.1. The highest BCUT2D eigenvalue weighted by molar-refractivity contribution is 6.31. The molecular weight excluding hydrogens is 217 g/mol. The van der Waals surface area contributed by atoms with Gasteiger partial charge >= 0.3 is 0 Å². The maximum absolute atomic E-state index is 12.8. The summed E-state index contributed by atoms with van der Waals surface area (Å²) in [6.45, 7) is -0.0404. The molecule has 2 atom stereocenters. The fraction of sp³-hybridized carbons (Fsp3) is 0.364. The minimum absolute atomic E-state index is 0.0404. The summed E-state index contributed by atoms with van der Waals surface area (Å²) in [5, 5.41) is 18.4. The first kappa shape index (κ1) is 10.4. The third-order valence-electron chi connectivity index (χ3n) is 2.94. The van der Waals surface area contributed by atoms with Crippen LogP contribution in [0.4, 0.5) is 4.39 Å². The van der Waals surface area contributed by atoms with E-state index in [1.807, 2.05) is 0 Å². The second kappa shape index (κ2) is 3.48. The van der Waals surface area contributed by atoms with Crippen LogP contribution in [0, 0.1) is 23.1 Å². The lowest BCUT2D eigenvalue weighted by Crippen LogP contribution is -2.10. The third kappa shape index (κ3) is 1.50. The Kier molecular flexibility index (Phi) is 2.41. The first-order chi connectivity index (χ1) is 7.14. The topological polar surface area (TPSA) is 44.0 Å². The molecule has 15 heavy (non-hydrogen) atoms. The van der Waals surface area contributed by atoms with Gasteiger partial charge in [0, 0.05) is 17.5 Å². The molecule has 0 aliphatic heterocycles. The molecule has 1 unspecified atom stereocenters. The Bertz CT molecular complexity index is 443. The van der Waals surface area contributed by atoms with Gasteiger partial charge in [-0.15, -0.1) is 0 Å². The lowest BCUT2D eigenvalue weighted by Gasteiger charge is -2.10. The van der Waals surface area contributed by atoms with Gasteiger partial charge in [-0.25, -0.2) is 4.39 Å². The molecule has 1 aromatic rings. The minimum Gasteiger partial charge on any atom is -0.396 e. The van der Waals surface area contributed by atoms with E-state index in [2.05, 4.69) is 6.07 Å². The van der Waals surface area contributed by atoms with Crippen LogP contribution < -0.4 is 0 Å². The van der Waals surface area contributed by atoms with Crippen molar-refractivity contribution in [1.82, 2.24) is 0 Å². The van der Waals surface area contributed by atoms with Gasteiger partial charge in [0.15, 0.2) is 0 Å². The van der Waals surface area contributed by atoms with E-state index >= 15 is 0 Å². The van der Waals surface area contributed by atoms with Crippen molar-refractivity contribution in [2.45, 2.75) is 11.8 Å². The number of nitriles is 1. The summed E-state index contributed by atoms with van der Waals surface area (Å²) in [6.07, 6.45) is 0.589. The quantitative estimate of drug-likeness (QED) is 0.839. The van der Waals surface area contributed by atoms with E-state index in [0.29, 0.717) is 12.0 Å². The van der Waals surface area contributed by atoms with Crippen LogP contribution in [-0.4, -0.2) is 11.7 Å². The maximum Gasteiger partial charge on any atom is 0.124 e. The average molecular weight is 226 g/mol. The van der Waals surface area contributed by atoms with Gasteiger partial charge in [-0.3, -0.25) is 0 Å². The number of aliphatic hydroxyl groups is 1. The van der Waals surface area contributed by atoms with Gasteiger partial charge in [-0.2, -0.15) is 5.26 Å². The summed E-state index contributed by atoms with van der Waals surface area (Å²) in [7, 11) is 0. The predicted molar refractivity (Wildman–Crippen MR) is 53.9 cm³/mol. The van der Waals surface area contributed by atoms with Crippen LogP contribution in [0.25, 0.3) is 0 Å². The summed E-state index contributed by atoms with van der Waals surface area (Å²) in [4.78, 5) is 0. The highest BCUT2D eigenvalue weighted by Gasteiger charge is 2.56. The molecule has 0 amide bonds. The van der Waals surface area contributed by atoms with Gasteiger partial charge in [0.2, 0.25) is 0 Å². The summed E-state index contributed by atoms with van der Waals surface area (Å²) in [6, 6.07) is 6.17. The summed E-state index contributed by atoms with van der Waals surface area (Å²) >= 11 is 5.88. The van der Waals surface area contributed by atoms with Crippen LogP contribution >= 0.6 is 11.6 Å². The zero-order valence-electron chi connectivity index (χ0n) is 7.87. The lowest BCUT2D eigenvalue weighted by molar-refractivity contribution is 0.269. The number of halogens is 2. The Morgan fingerprint density at radius 1 is 1.67 bits per heavy atom. The Morgan fingerprint density at radius 2 is 2.40 bits per heavy atom. The Hall–Kier alpha value is -1.11. The number of rotatable bonds is 2. The van der Waals surface area contributed by atoms with E-state index in [9.17, 15) is 4.39 Å². The van der Waals surface area contributed by atoms with E-state index in [1.54, 1.807) is 0 Å². The lowest BCUT2D eigenvalue weighted by atomic mass is 9.95. The molecule has 2 nitrogen and oxygen atoms in total. The fourth-order valence-corrected chi connectivity index (χ4v) is 2.26. The normalized spacial score (nSPS) is 28.5. The summed E-state index contributed by atoms with van der Waals surface area (Å²) < 4.78 is 12.8. The van der Waals surface area contributed by atoms with Crippen LogP contribution in [0.3, 0.4) is 0 Å². The van der Waals surface area contributed by atoms with Gasteiger partial charge < -0.3 is 5.11 Å². The van der Waals surface area contributed by atoms with Gasteiger partial charge in [-0.1, -0.05) is 17.7 Å². The number of hydrogen-bond donors (Lipinski definition) is 1. The van der Waals surface area contributed by atoms with Crippen molar-refractivity contribution >= 4 is 11.6 Å². The molecule has 1 N–H and O–H groups in total. The highest BCUT2D eigenvalue weighted by Crippen LogP contribution is 2.55. The fourth-order valence-electron chi connectivity index (χ4n) is 1.93. The van der Waals surface area contributed by atoms with E-state index in [0.717, 1.165) is 0 Å². The Balaban J connectivity index is 2.43. The molecule has 1 aliphatic rings. The molecule has 0 radical (unpaired) electrons. The van der Waals surface area contributed by atoms with Crippen molar-refractivity contribution in [3.63, 3.8) is 0 Å². The van der Waals surface area contributed by atoms with Crippen molar-refractivity contribution < 1.29 is 9.50 Å². The second-order valence-electron chi connectivity index (χ2n) is 3.79. The van der Waals surface area contributed by atoms with Crippen molar-refractivity contribution in [3.8, 4) is 6.07 Å². The van der Waals surface area contributed by atoms with Gasteiger partial charge in [-0.05, 0) is 24.1 Å². The first-order valence-corrected chi connectivity index (χ1v) is 4.99. The first-order valence-electron chi connectivity index (χ1n) is 4.61. The molecule has 0 heterocycles. The standard InChI is InChI=1S/C11H9ClFNO/c12-10-3-8(13)1-2-9(10)11(6-14)4-7(11)5-15/h1-3,7,15H,4-5H2/t7?,11-/m1/s1. The van der Waals surface area contributed by atoms with Crippen LogP contribution in [0.1, 0.15) is 12.0 Å². The number of nitrogens with zero attached hydrogens (tertiary/aromatic N) is 1. The monoisotopic (exact) mass is 225 g/mol. The maximum atomic E-state index is 12.8. The third-order valence-corrected chi connectivity index (χ3v) is 3.25. The molecule has 1 aliphatic carbocycles. The average Bonchev–Trinajstić information content (AvgIpc) is 2.93. The van der Waals surface area contributed by atoms with Crippen LogP contribution in [-0.2, 0) is 5.41 Å². The zero-order valence-corrected chi connectivity index (χ0v) is 8.63. The molecule has 1 fully saturated rings. The van der Waals surface area contributed by atoms with Crippen molar-refractivity contribution in [1.29, 1.82) is 5.26 Å². The van der Waals surface area contributed by atoms with Crippen LogP contribution in [0.2, 0.25) is 5.02 Å². The summed E-state index contributed by atoms with van der Waals surface area (Å²) in [5.74, 6) is -0.497. The number of benzene rings is 1. The van der Waals surface area contributed by atoms with E-state index in [4.69, 9.17) is 22.0 Å². The highest BCUT2D eigenvalue weighted by atomic mass is 35.5. The Labute approximate surface area is 91.9 Å². The molecule has 0 aromatic heterocycles. The van der Waals surface area contributed by atoms with Gasteiger partial charge in [0.1, 0.15) is 5.82 Å². The SMILES string of the molecule is N#C[C@]1(c2ccc(F)cc2Cl)CC1CO. The Morgan fingerprint density at radius 3 is 2.87 bits per heavy atom. The molecule has 0 saturated heterocycles. The van der Waals surface area contributed by atoms with E-state index in [1.165, 1.54) is 18.2 Å². The minimum atomic E-state index is -0.709. The molecular formula is C11H9ClFNO. The molecule has 0 bridgehead atoms. The molecule has 1 aromatic carbocycles. The van der Waals surface area contributed by atoms with Gasteiger partial charge in [0.25, 0.3) is 0 Å². The smallest absolute Gasteiger partial charge is 0.124 e. The molecule has 4 heteroatoms. The van der Waals surface area contributed by atoms with Crippen molar-refractivity contribution in [2.24, 2.45) is 5.92 Å². The molecule has 1 saturated carbocycles. The number of hydrogen-bond acceptors (Lipinski definition) is 2. The predicted octanol–water partition coefficient (Wildman–Crippen LogP) is 2.25. The van der Waals surface area contributed by atoms with Crippen molar-refractivity contribution in [2.75, 3.05) is 6.61 Å². The second-order valence-corrected chi connectivity index (χ2v) is 4.20. The van der Waals surface area contributed by atoms with Crippen LogP contribution in [0.5, 0.6) is 0 Å². The molecule has 0 spiro atoms. The van der Waals surface area contributed by atoms with E-state index in [-0.39, 0.29) is 17.5 Å². The van der Waals surface area contributed by atoms with Crippen molar-refractivity contribution in [3.05, 3.63) is 34.6 Å². The molecule has 78 valence electrons. The van der Waals surface area contributed by atoms with Gasteiger partial charge in [0.05, 0.1) is 11.5 Å².